The van der Waals surface area contributed by atoms with Crippen molar-refractivity contribution in [1.82, 2.24) is 0 Å². The predicted molar refractivity (Wildman–Crippen MR) is 81.2 cm³/mol. The highest BCUT2D eigenvalue weighted by molar-refractivity contribution is 5.93. The van der Waals surface area contributed by atoms with Crippen LogP contribution in [0.25, 0.3) is 0 Å². The number of anilines is 1. The average Bonchev–Trinajstić information content (AvgIpc) is 3.08. The first kappa shape index (κ1) is 14.2. The molecule has 3 rings (SSSR count). The Morgan fingerprint density at radius 3 is 2.86 bits per heavy atom. The molecule has 0 aromatic heterocycles. The van der Waals surface area contributed by atoms with Gasteiger partial charge in [0.15, 0.2) is 0 Å². The van der Waals surface area contributed by atoms with E-state index in [1.165, 1.54) is 25.7 Å². The second-order valence-electron chi connectivity index (χ2n) is 6.22. The van der Waals surface area contributed by atoms with E-state index in [4.69, 9.17) is 15.2 Å². The molecule has 21 heavy (non-hydrogen) atoms. The van der Waals surface area contributed by atoms with E-state index in [2.05, 4.69) is 0 Å². The molecule has 2 N–H and O–H groups in total. The first-order valence-corrected chi connectivity index (χ1v) is 7.86. The molecule has 1 aromatic carbocycles. The highest BCUT2D eigenvalue weighted by Crippen LogP contribution is 2.48. The fraction of sp³-hybridized carbons (Fsp3) is 0.588. The van der Waals surface area contributed by atoms with Gasteiger partial charge < -0.3 is 15.2 Å². The van der Waals surface area contributed by atoms with Crippen LogP contribution in [0.4, 0.5) is 5.69 Å². The van der Waals surface area contributed by atoms with Gasteiger partial charge in [-0.05, 0) is 62.1 Å². The molecule has 114 valence electrons. The van der Waals surface area contributed by atoms with E-state index in [0.29, 0.717) is 36.1 Å². The molecule has 3 atom stereocenters. The van der Waals surface area contributed by atoms with Crippen molar-refractivity contribution >= 4 is 11.7 Å². The van der Waals surface area contributed by atoms with Gasteiger partial charge in [0.05, 0.1) is 13.2 Å². The Kier molecular flexibility index (Phi) is 4.04. The molecule has 0 amide bonds. The van der Waals surface area contributed by atoms with Gasteiger partial charge >= 0.3 is 5.97 Å². The normalized spacial score (nSPS) is 26.8. The van der Waals surface area contributed by atoms with E-state index < -0.39 is 0 Å². The lowest BCUT2D eigenvalue weighted by Gasteiger charge is -2.22. The summed E-state index contributed by atoms with van der Waals surface area (Å²) in [6.07, 6.45) is 5.36. The zero-order chi connectivity index (χ0) is 14.8. The quantitative estimate of drug-likeness (QED) is 0.667. The van der Waals surface area contributed by atoms with E-state index in [1.54, 1.807) is 25.1 Å². The van der Waals surface area contributed by atoms with Crippen LogP contribution in [0.3, 0.4) is 0 Å². The van der Waals surface area contributed by atoms with Crippen LogP contribution in [0, 0.1) is 17.8 Å². The maximum absolute atomic E-state index is 12.0. The van der Waals surface area contributed by atoms with Crippen LogP contribution in [0.1, 0.15) is 43.0 Å². The molecule has 0 radical (unpaired) electrons. The van der Waals surface area contributed by atoms with Gasteiger partial charge in [-0.3, -0.25) is 0 Å². The van der Waals surface area contributed by atoms with Crippen LogP contribution >= 0.6 is 0 Å². The van der Waals surface area contributed by atoms with E-state index in [1.807, 2.05) is 0 Å². The molecule has 0 saturated heterocycles. The number of nitrogens with two attached hydrogens (primary N) is 1. The van der Waals surface area contributed by atoms with E-state index in [0.717, 1.165) is 11.8 Å². The molecule has 0 aliphatic heterocycles. The summed E-state index contributed by atoms with van der Waals surface area (Å²) < 4.78 is 11.0. The zero-order valence-corrected chi connectivity index (χ0v) is 12.5. The summed E-state index contributed by atoms with van der Waals surface area (Å²) >= 11 is 0. The maximum Gasteiger partial charge on any atom is 0.341 e. The number of fused-ring (bicyclic) bond motifs is 2. The van der Waals surface area contributed by atoms with E-state index in [9.17, 15) is 4.79 Å². The number of esters is 1. The van der Waals surface area contributed by atoms with Crippen molar-refractivity contribution in [2.75, 3.05) is 18.9 Å². The second kappa shape index (κ2) is 5.96. The molecule has 2 bridgehead atoms. The van der Waals surface area contributed by atoms with Crippen LogP contribution in [0.5, 0.6) is 5.75 Å². The molecule has 0 heterocycles. The molecule has 4 heteroatoms. The van der Waals surface area contributed by atoms with Gasteiger partial charge in [0.2, 0.25) is 0 Å². The molecule has 2 aliphatic rings. The monoisotopic (exact) mass is 289 g/mol. The molecule has 2 aliphatic carbocycles. The Morgan fingerprint density at radius 2 is 2.19 bits per heavy atom. The number of hydrogen-bond acceptors (Lipinski definition) is 4. The Labute approximate surface area is 125 Å². The van der Waals surface area contributed by atoms with Gasteiger partial charge in [0.1, 0.15) is 11.3 Å². The molecule has 4 nitrogen and oxygen atoms in total. The fourth-order valence-electron chi connectivity index (χ4n) is 3.82. The molecule has 2 fully saturated rings. The third-order valence-corrected chi connectivity index (χ3v) is 4.84. The van der Waals surface area contributed by atoms with Gasteiger partial charge in [-0.2, -0.15) is 0 Å². The second-order valence-corrected chi connectivity index (χ2v) is 6.22. The predicted octanol–water partition coefficient (Wildman–Crippen LogP) is 3.26. The molecular weight excluding hydrogens is 266 g/mol. The highest BCUT2D eigenvalue weighted by Gasteiger charge is 2.39. The Morgan fingerprint density at radius 1 is 1.33 bits per heavy atom. The Balaban J connectivity index is 1.68. The van der Waals surface area contributed by atoms with Crippen molar-refractivity contribution in [1.29, 1.82) is 0 Å². The summed E-state index contributed by atoms with van der Waals surface area (Å²) in [6, 6.07) is 5.17. The van der Waals surface area contributed by atoms with Crippen molar-refractivity contribution in [3.05, 3.63) is 23.8 Å². The fourth-order valence-corrected chi connectivity index (χ4v) is 3.82. The van der Waals surface area contributed by atoms with Gasteiger partial charge in [-0.15, -0.1) is 0 Å². The lowest BCUT2D eigenvalue weighted by Crippen LogP contribution is -2.19. The number of ether oxygens (including phenoxy) is 2. The topological polar surface area (TPSA) is 61.5 Å². The van der Waals surface area contributed by atoms with Crippen LogP contribution in [0.15, 0.2) is 18.2 Å². The van der Waals surface area contributed by atoms with Crippen molar-refractivity contribution in [3.8, 4) is 5.75 Å². The minimum Gasteiger partial charge on any atom is -0.492 e. The smallest absolute Gasteiger partial charge is 0.341 e. The SMILES string of the molecule is CCOC(=O)c1cc(N)ccc1OCC1CC2CCC1C2. The van der Waals surface area contributed by atoms with E-state index in [-0.39, 0.29) is 5.97 Å². The Bertz CT molecular complexity index is 529. The summed E-state index contributed by atoms with van der Waals surface area (Å²) in [5.41, 5.74) is 6.74. The van der Waals surface area contributed by atoms with Crippen LogP contribution < -0.4 is 10.5 Å². The van der Waals surface area contributed by atoms with Crippen LogP contribution in [0.2, 0.25) is 0 Å². The van der Waals surface area contributed by atoms with Gasteiger partial charge in [0, 0.05) is 5.69 Å². The first-order chi connectivity index (χ1) is 10.2. The maximum atomic E-state index is 12.0. The first-order valence-electron chi connectivity index (χ1n) is 7.86. The number of carbonyl (C=O) groups is 1. The molecule has 2 saturated carbocycles. The number of rotatable bonds is 5. The van der Waals surface area contributed by atoms with Crippen molar-refractivity contribution in [2.24, 2.45) is 17.8 Å². The lowest BCUT2D eigenvalue weighted by atomic mass is 9.89. The van der Waals surface area contributed by atoms with Crippen molar-refractivity contribution < 1.29 is 14.3 Å². The summed E-state index contributed by atoms with van der Waals surface area (Å²) in [5, 5.41) is 0. The van der Waals surface area contributed by atoms with Gasteiger partial charge in [0.25, 0.3) is 0 Å². The van der Waals surface area contributed by atoms with Crippen molar-refractivity contribution in [3.63, 3.8) is 0 Å². The minimum absolute atomic E-state index is 0.347. The van der Waals surface area contributed by atoms with Crippen LogP contribution in [-0.4, -0.2) is 19.2 Å². The largest absolute Gasteiger partial charge is 0.492 e. The van der Waals surface area contributed by atoms with Crippen LogP contribution in [-0.2, 0) is 4.74 Å². The molecule has 3 unspecified atom stereocenters. The Hall–Kier alpha value is -1.71. The molecule has 0 spiro atoms. The zero-order valence-electron chi connectivity index (χ0n) is 12.5. The average molecular weight is 289 g/mol. The molecular formula is C17H23NO3. The number of carbonyl (C=O) groups excluding carboxylic acids is 1. The summed E-state index contributed by atoms with van der Waals surface area (Å²) in [6.45, 7) is 2.83. The lowest BCUT2D eigenvalue weighted by molar-refractivity contribution is 0.0520. The van der Waals surface area contributed by atoms with Gasteiger partial charge in [-0.25, -0.2) is 4.79 Å². The standard InChI is InChI=1S/C17H23NO3/c1-2-20-17(19)15-9-14(18)5-6-16(15)21-10-13-8-11-3-4-12(13)7-11/h5-6,9,11-13H,2-4,7-8,10,18H2,1H3. The summed E-state index contributed by atoms with van der Waals surface area (Å²) in [5.74, 6) is 2.57. The number of hydrogen-bond donors (Lipinski definition) is 1. The summed E-state index contributed by atoms with van der Waals surface area (Å²) in [4.78, 5) is 12.0. The van der Waals surface area contributed by atoms with Gasteiger partial charge in [-0.1, -0.05) is 6.42 Å². The number of benzene rings is 1. The third-order valence-electron chi connectivity index (χ3n) is 4.84. The minimum atomic E-state index is -0.368. The number of nitrogen functional groups attached to an aromatic ring is 1. The van der Waals surface area contributed by atoms with E-state index >= 15 is 0 Å². The summed E-state index contributed by atoms with van der Waals surface area (Å²) in [7, 11) is 0. The molecule has 1 aromatic rings. The van der Waals surface area contributed by atoms with Crippen molar-refractivity contribution in [2.45, 2.75) is 32.6 Å². The third kappa shape index (κ3) is 2.99. The highest BCUT2D eigenvalue weighted by atomic mass is 16.5.